The van der Waals surface area contributed by atoms with Gasteiger partial charge in [-0.2, -0.15) is 0 Å². The van der Waals surface area contributed by atoms with Gasteiger partial charge < -0.3 is 10.6 Å². The molecule has 4 nitrogen and oxygen atoms in total. The van der Waals surface area contributed by atoms with Crippen molar-refractivity contribution < 1.29 is 4.79 Å². The van der Waals surface area contributed by atoms with E-state index in [1.165, 1.54) is 32.1 Å². The molecule has 0 spiro atoms. The van der Waals surface area contributed by atoms with E-state index in [1.807, 2.05) is 36.4 Å². The first-order chi connectivity index (χ1) is 13.1. The highest BCUT2D eigenvalue weighted by Gasteiger charge is 2.19. The first-order valence-corrected chi connectivity index (χ1v) is 10.1. The molecule has 2 aromatic carbocycles. The number of halogens is 1. The summed E-state index contributed by atoms with van der Waals surface area (Å²) in [5, 5.41) is 6.74. The number of para-hydroxylation sites is 2. The Hall–Kier alpha value is -2.04. The zero-order chi connectivity index (χ0) is 19.1. The zero-order valence-corrected chi connectivity index (χ0v) is 16.6. The van der Waals surface area contributed by atoms with Crippen LogP contribution in [0.4, 0.5) is 11.4 Å². The second-order valence-electron chi connectivity index (χ2n) is 7.25. The van der Waals surface area contributed by atoms with Crippen LogP contribution in [0.5, 0.6) is 0 Å². The number of carbonyl (C=O) groups excluding carboxylic acids is 1. The van der Waals surface area contributed by atoms with Gasteiger partial charge in [0.05, 0.1) is 17.3 Å². The maximum Gasteiger partial charge on any atom is 0.243 e. The van der Waals surface area contributed by atoms with E-state index in [0.29, 0.717) is 11.1 Å². The van der Waals surface area contributed by atoms with Gasteiger partial charge in [0, 0.05) is 18.3 Å². The molecule has 5 heteroatoms. The van der Waals surface area contributed by atoms with Crippen molar-refractivity contribution in [3.05, 3.63) is 59.1 Å². The fraction of sp³-hybridized carbons (Fsp3) is 0.409. The van der Waals surface area contributed by atoms with E-state index in [-0.39, 0.29) is 12.5 Å². The summed E-state index contributed by atoms with van der Waals surface area (Å²) in [5.74, 6) is -0.0808. The van der Waals surface area contributed by atoms with Gasteiger partial charge in [-0.05, 0) is 43.7 Å². The lowest BCUT2D eigenvalue weighted by atomic mass is 9.94. The first kappa shape index (κ1) is 19.7. The molecule has 27 heavy (non-hydrogen) atoms. The van der Waals surface area contributed by atoms with Gasteiger partial charge in [0.1, 0.15) is 0 Å². The van der Waals surface area contributed by atoms with Gasteiger partial charge in [-0.1, -0.05) is 61.2 Å². The standard InChI is InChI=1S/C22H28ClN3O/c1-26(18-10-3-2-4-11-18)16-17-9-5-7-13-20(17)25-22(27)15-24-21-14-8-6-12-19(21)23/h5-9,12-14,18,24H,2-4,10-11,15-16H2,1H3,(H,25,27). The number of amides is 1. The van der Waals surface area contributed by atoms with Crippen LogP contribution in [-0.4, -0.2) is 30.4 Å². The molecule has 0 aromatic heterocycles. The Labute approximate surface area is 166 Å². The van der Waals surface area contributed by atoms with Gasteiger partial charge in [0.2, 0.25) is 5.91 Å². The third-order valence-corrected chi connectivity index (χ3v) is 5.55. The summed E-state index contributed by atoms with van der Waals surface area (Å²) in [6, 6.07) is 16.1. The lowest BCUT2D eigenvalue weighted by molar-refractivity contribution is -0.114. The lowest BCUT2D eigenvalue weighted by Crippen LogP contribution is -2.33. The summed E-state index contributed by atoms with van der Waals surface area (Å²) in [5.41, 5.74) is 2.79. The largest absolute Gasteiger partial charge is 0.375 e. The van der Waals surface area contributed by atoms with Crippen LogP contribution in [0.3, 0.4) is 0 Å². The van der Waals surface area contributed by atoms with Crippen molar-refractivity contribution in [2.24, 2.45) is 0 Å². The van der Waals surface area contributed by atoms with Crippen LogP contribution in [-0.2, 0) is 11.3 Å². The quantitative estimate of drug-likeness (QED) is 0.692. The maximum absolute atomic E-state index is 12.4. The highest BCUT2D eigenvalue weighted by Crippen LogP contribution is 2.25. The second kappa shape index (κ2) is 9.77. The van der Waals surface area contributed by atoms with E-state index in [4.69, 9.17) is 11.6 Å². The number of nitrogens with zero attached hydrogens (tertiary/aromatic N) is 1. The number of benzene rings is 2. The van der Waals surface area contributed by atoms with Crippen molar-refractivity contribution in [2.45, 2.75) is 44.7 Å². The van der Waals surface area contributed by atoms with Crippen LogP contribution in [0, 0.1) is 0 Å². The molecule has 1 fully saturated rings. The summed E-state index contributed by atoms with van der Waals surface area (Å²) in [4.78, 5) is 14.8. The van der Waals surface area contributed by atoms with Crippen molar-refractivity contribution >= 4 is 28.9 Å². The zero-order valence-electron chi connectivity index (χ0n) is 15.9. The molecule has 0 unspecified atom stereocenters. The highest BCUT2D eigenvalue weighted by molar-refractivity contribution is 6.33. The fourth-order valence-corrected chi connectivity index (χ4v) is 3.88. The minimum atomic E-state index is -0.0808. The molecule has 3 rings (SSSR count). The normalized spacial score (nSPS) is 14.9. The SMILES string of the molecule is CN(Cc1ccccc1NC(=O)CNc1ccccc1Cl)C1CCCCC1. The molecule has 1 aliphatic rings. The van der Waals surface area contributed by atoms with Gasteiger partial charge in [-0.15, -0.1) is 0 Å². The summed E-state index contributed by atoms with van der Waals surface area (Å²) in [6.07, 6.45) is 6.54. The average molecular weight is 386 g/mol. The molecule has 0 bridgehead atoms. The first-order valence-electron chi connectivity index (χ1n) is 9.70. The minimum Gasteiger partial charge on any atom is -0.375 e. The number of anilines is 2. The van der Waals surface area contributed by atoms with E-state index >= 15 is 0 Å². The Morgan fingerprint density at radius 3 is 2.44 bits per heavy atom. The molecule has 1 saturated carbocycles. The smallest absolute Gasteiger partial charge is 0.243 e. The van der Waals surface area contributed by atoms with Gasteiger partial charge in [0.15, 0.2) is 0 Å². The Bertz CT molecular complexity index is 759. The number of carbonyl (C=O) groups is 1. The van der Waals surface area contributed by atoms with E-state index in [2.05, 4.69) is 28.6 Å². The van der Waals surface area contributed by atoms with Crippen molar-refractivity contribution in [1.29, 1.82) is 0 Å². The Morgan fingerprint density at radius 1 is 1.04 bits per heavy atom. The van der Waals surface area contributed by atoms with E-state index < -0.39 is 0 Å². The Kier molecular flexibility index (Phi) is 7.13. The molecule has 0 saturated heterocycles. The van der Waals surface area contributed by atoms with Crippen molar-refractivity contribution in [1.82, 2.24) is 4.90 Å². The highest BCUT2D eigenvalue weighted by atomic mass is 35.5. The molecular weight excluding hydrogens is 358 g/mol. The predicted molar refractivity (Wildman–Crippen MR) is 113 cm³/mol. The average Bonchev–Trinajstić information content (AvgIpc) is 2.69. The lowest BCUT2D eigenvalue weighted by Gasteiger charge is -2.31. The fourth-order valence-electron chi connectivity index (χ4n) is 3.67. The topological polar surface area (TPSA) is 44.4 Å². The molecule has 0 atom stereocenters. The number of rotatable bonds is 7. The number of hydrogen-bond acceptors (Lipinski definition) is 3. The van der Waals surface area contributed by atoms with Gasteiger partial charge in [0.25, 0.3) is 0 Å². The third kappa shape index (κ3) is 5.72. The molecule has 0 aliphatic heterocycles. The molecule has 2 N–H and O–H groups in total. The molecule has 2 aromatic rings. The summed E-state index contributed by atoms with van der Waals surface area (Å²) in [7, 11) is 2.19. The van der Waals surface area contributed by atoms with Gasteiger partial charge in [-0.3, -0.25) is 9.69 Å². The van der Waals surface area contributed by atoms with Crippen LogP contribution in [0.25, 0.3) is 0 Å². The monoisotopic (exact) mass is 385 g/mol. The minimum absolute atomic E-state index is 0.0808. The van der Waals surface area contributed by atoms with Gasteiger partial charge >= 0.3 is 0 Å². The second-order valence-corrected chi connectivity index (χ2v) is 7.65. The van der Waals surface area contributed by atoms with Crippen LogP contribution >= 0.6 is 11.6 Å². The number of nitrogens with one attached hydrogen (secondary N) is 2. The number of hydrogen-bond donors (Lipinski definition) is 2. The van der Waals surface area contributed by atoms with E-state index in [0.717, 1.165) is 23.5 Å². The van der Waals surface area contributed by atoms with Crippen LogP contribution in [0.15, 0.2) is 48.5 Å². The Morgan fingerprint density at radius 2 is 1.70 bits per heavy atom. The summed E-state index contributed by atoms with van der Waals surface area (Å²) in [6.45, 7) is 1.02. The van der Waals surface area contributed by atoms with E-state index in [9.17, 15) is 4.79 Å². The van der Waals surface area contributed by atoms with Crippen LogP contribution < -0.4 is 10.6 Å². The van der Waals surface area contributed by atoms with Crippen molar-refractivity contribution in [3.8, 4) is 0 Å². The van der Waals surface area contributed by atoms with Crippen LogP contribution in [0.2, 0.25) is 5.02 Å². The van der Waals surface area contributed by atoms with Crippen molar-refractivity contribution in [2.75, 3.05) is 24.2 Å². The predicted octanol–water partition coefficient (Wildman–Crippen LogP) is 5.16. The molecule has 0 heterocycles. The molecule has 0 radical (unpaired) electrons. The maximum atomic E-state index is 12.4. The Balaban J connectivity index is 1.58. The third-order valence-electron chi connectivity index (χ3n) is 5.22. The van der Waals surface area contributed by atoms with Crippen molar-refractivity contribution in [3.63, 3.8) is 0 Å². The molecular formula is C22H28ClN3O. The molecule has 1 aliphatic carbocycles. The van der Waals surface area contributed by atoms with E-state index in [1.54, 1.807) is 6.07 Å². The summed E-state index contributed by atoms with van der Waals surface area (Å²) >= 11 is 6.12. The van der Waals surface area contributed by atoms with Gasteiger partial charge in [-0.25, -0.2) is 0 Å². The molecule has 144 valence electrons. The summed E-state index contributed by atoms with van der Waals surface area (Å²) < 4.78 is 0. The molecule has 1 amide bonds. The van der Waals surface area contributed by atoms with Crippen LogP contribution in [0.1, 0.15) is 37.7 Å².